The molecule has 0 saturated carbocycles. The molecular weight excluding hydrogens is 422 g/mol. The maximum absolute atomic E-state index is 13.5. The molecule has 0 bridgehead atoms. The first-order valence-electron chi connectivity index (χ1n) is 10.8. The van der Waals surface area contributed by atoms with Crippen LogP contribution in [0.4, 0.5) is 0 Å². The van der Waals surface area contributed by atoms with E-state index in [1.54, 1.807) is 53.5 Å². The third-order valence-corrected chi connectivity index (χ3v) is 5.41. The molecule has 0 aliphatic rings. The molecule has 0 fully saturated rings. The van der Waals surface area contributed by atoms with Gasteiger partial charge in [-0.1, -0.05) is 12.1 Å². The van der Waals surface area contributed by atoms with Gasteiger partial charge in [-0.3, -0.25) is 9.59 Å². The Labute approximate surface area is 194 Å². The Morgan fingerprint density at radius 3 is 2.48 bits per heavy atom. The Kier molecular flexibility index (Phi) is 8.71. The van der Waals surface area contributed by atoms with Crippen molar-refractivity contribution in [2.45, 2.75) is 19.5 Å². The van der Waals surface area contributed by atoms with Crippen molar-refractivity contribution in [3.63, 3.8) is 0 Å². The molecule has 3 rings (SSSR count). The summed E-state index contributed by atoms with van der Waals surface area (Å²) in [4.78, 5) is 30.1. The van der Waals surface area contributed by atoms with Crippen LogP contribution in [0.25, 0.3) is 0 Å². The van der Waals surface area contributed by atoms with Crippen molar-refractivity contribution in [3.05, 3.63) is 78.0 Å². The second kappa shape index (κ2) is 11.9. The third kappa shape index (κ3) is 6.49. The Morgan fingerprint density at radius 2 is 1.82 bits per heavy atom. The van der Waals surface area contributed by atoms with Gasteiger partial charge in [0.2, 0.25) is 5.91 Å². The van der Waals surface area contributed by atoms with Crippen molar-refractivity contribution in [1.29, 1.82) is 0 Å². The summed E-state index contributed by atoms with van der Waals surface area (Å²) in [6, 6.07) is 14.6. The number of methoxy groups -OCH3 is 2. The highest BCUT2D eigenvalue weighted by molar-refractivity contribution is 5.98. The third-order valence-electron chi connectivity index (χ3n) is 5.41. The van der Waals surface area contributed by atoms with Crippen molar-refractivity contribution >= 4 is 11.8 Å². The van der Waals surface area contributed by atoms with Crippen LogP contribution >= 0.6 is 0 Å². The maximum atomic E-state index is 13.5. The zero-order chi connectivity index (χ0) is 23.6. The number of para-hydroxylation sites is 1. The Morgan fingerprint density at radius 1 is 1.00 bits per heavy atom. The Hall–Kier alpha value is -3.52. The van der Waals surface area contributed by atoms with E-state index in [1.807, 2.05) is 36.0 Å². The highest BCUT2D eigenvalue weighted by Crippen LogP contribution is 2.20. The van der Waals surface area contributed by atoms with E-state index >= 15 is 0 Å². The quantitative estimate of drug-likeness (QED) is 0.393. The van der Waals surface area contributed by atoms with Gasteiger partial charge in [0.1, 0.15) is 18.1 Å². The van der Waals surface area contributed by atoms with Gasteiger partial charge in [0.05, 0.1) is 32.0 Å². The number of furan rings is 1. The number of hydrogen-bond donors (Lipinski definition) is 0. The smallest absolute Gasteiger partial charge is 0.258 e. The van der Waals surface area contributed by atoms with Gasteiger partial charge >= 0.3 is 0 Å². The van der Waals surface area contributed by atoms with Crippen LogP contribution in [0.2, 0.25) is 0 Å². The molecule has 0 unspecified atom stereocenters. The fraction of sp³-hybridized carbons (Fsp3) is 0.360. The van der Waals surface area contributed by atoms with Gasteiger partial charge in [0.25, 0.3) is 5.91 Å². The molecule has 33 heavy (non-hydrogen) atoms. The van der Waals surface area contributed by atoms with Crippen LogP contribution in [0.1, 0.15) is 28.2 Å². The summed E-state index contributed by atoms with van der Waals surface area (Å²) in [7, 11) is 5.08. The lowest BCUT2D eigenvalue weighted by molar-refractivity contribution is -0.133. The molecule has 0 saturated heterocycles. The number of ether oxygens (including phenoxy) is 2. The highest BCUT2D eigenvalue weighted by atomic mass is 16.5. The van der Waals surface area contributed by atoms with Gasteiger partial charge in [-0.05, 0) is 42.8 Å². The lowest BCUT2D eigenvalue weighted by atomic mass is 10.1. The number of carbonyl (C=O) groups excluding carboxylic acids is 2. The Balaban J connectivity index is 1.82. The molecule has 0 atom stereocenters. The first kappa shape index (κ1) is 24.1. The molecule has 8 heteroatoms. The monoisotopic (exact) mass is 453 g/mol. The molecule has 0 N–H and O–H groups in total. The minimum atomic E-state index is -0.256. The van der Waals surface area contributed by atoms with Crippen molar-refractivity contribution < 1.29 is 23.5 Å². The van der Waals surface area contributed by atoms with Gasteiger partial charge in [-0.2, -0.15) is 0 Å². The standard InChI is InChI=1S/C25H31N3O5/c1-26-13-6-9-20(26)17-28(18-21-10-7-16-33-21)24(29)19-27(14-8-15-31-2)25(30)22-11-4-5-12-23(22)32-3/h4-7,9-13,16H,8,14-15,17-19H2,1-3H3. The normalized spacial score (nSPS) is 10.8. The molecule has 1 aromatic carbocycles. The molecule has 2 heterocycles. The van der Waals surface area contributed by atoms with E-state index in [1.165, 1.54) is 7.11 Å². The average molecular weight is 454 g/mol. The molecule has 2 aromatic heterocycles. The van der Waals surface area contributed by atoms with Crippen LogP contribution in [-0.2, 0) is 29.7 Å². The summed E-state index contributed by atoms with van der Waals surface area (Å²) >= 11 is 0. The number of benzene rings is 1. The molecule has 0 spiro atoms. The molecule has 0 aliphatic carbocycles. The molecule has 176 valence electrons. The number of aromatic nitrogens is 1. The van der Waals surface area contributed by atoms with Crippen molar-refractivity contribution in [1.82, 2.24) is 14.4 Å². The number of hydrogen-bond acceptors (Lipinski definition) is 5. The van der Waals surface area contributed by atoms with E-state index in [4.69, 9.17) is 13.9 Å². The van der Waals surface area contributed by atoms with E-state index in [9.17, 15) is 9.59 Å². The molecule has 8 nitrogen and oxygen atoms in total. The summed E-state index contributed by atoms with van der Waals surface area (Å²) in [5, 5.41) is 0. The minimum Gasteiger partial charge on any atom is -0.496 e. The van der Waals surface area contributed by atoms with E-state index in [0.717, 1.165) is 5.69 Å². The van der Waals surface area contributed by atoms with Gasteiger partial charge < -0.3 is 28.3 Å². The molecule has 0 radical (unpaired) electrons. The first-order chi connectivity index (χ1) is 16.0. The lowest BCUT2D eigenvalue weighted by Crippen LogP contribution is -2.43. The van der Waals surface area contributed by atoms with Crippen LogP contribution in [0.15, 0.2) is 65.4 Å². The zero-order valence-electron chi connectivity index (χ0n) is 19.4. The zero-order valence-corrected chi connectivity index (χ0v) is 19.4. The summed E-state index contributed by atoms with van der Waals surface area (Å²) < 4.78 is 18.0. The number of aryl methyl sites for hydroxylation is 1. The van der Waals surface area contributed by atoms with Crippen LogP contribution in [0.3, 0.4) is 0 Å². The minimum absolute atomic E-state index is 0.0638. The van der Waals surface area contributed by atoms with Crippen molar-refractivity contribution in [2.24, 2.45) is 7.05 Å². The van der Waals surface area contributed by atoms with Crippen molar-refractivity contribution in [2.75, 3.05) is 33.9 Å². The predicted octanol–water partition coefficient (Wildman–Crippen LogP) is 3.33. The predicted molar refractivity (Wildman–Crippen MR) is 124 cm³/mol. The van der Waals surface area contributed by atoms with E-state index in [0.29, 0.717) is 49.7 Å². The summed E-state index contributed by atoms with van der Waals surface area (Å²) in [5.41, 5.74) is 1.40. The molecular formula is C25H31N3O5. The van der Waals surface area contributed by atoms with E-state index in [2.05, 4.69) is 0 Å². The van der Waals surface area contributed by atoms with Crippen LogP contribution in [0.5, 0.6) is 5.75 Å². The number of nitrogens with zero attached hydrogens (tertiary/aromatic N) is 3. The largest absolute Gasteiger partial charge is 0.496 e. The highest BCUT2D eigenvalue weighted by Gasteiger charge is 2.25. The fourth-order valence-corrected chi connectivity index (χ4v) is 3.59. The summed E-state index contributed by atoms with van der Waals surface area (Å²) in [5.74, 6) is 0.726. The maximum Gasteiger partial charge on any atom is 0.258 e. The number of amides is 2. The number of carbonyl (C=O) groups is 2. The SMILES string of the molecule is COCCCN(CC(=O)N(Cc1ccco1)Cc1cccn1C)C(=O)c1ccccc1OC. The molecule has 3 aromatic rings. The average Bonchev–Trinajstić information content (AvgIpc) is 3.49. The van der Waals surface area contributed by atoms with E-state index < -0.39 is 0 Å². The molecule has 0 aliphatic heterocycles. The second-order valence-corrected chi connectivity index (χ2v) is 7.71. The summed E-state index contributed by atoms with van der Waals surface area (Å²) in [6.45, 7) is 1.52. The summed E-state index contributed by atoms with van der Waals surface area (Å²) in [6.07, 6.45) is 4.14. The second-order valence-electron chi connectivity index (χ2n) is 7.71. The lowest BCUT2D eigenvalue weighted by Gasteiger charge is -2.28. The topological polar surface area (TPSA) is 77.2 Å². The van der Waals surface area contributed by atoms with Crippen LogP contribution < -0.4 is 4.74 Å². The van der Waals surface area contributed by atoms with Gasteiger partial charge in [-0.15, -0.1) is 0 Å². The Bertz CT molecular complexity index is 1030. The van der Waals surface area contributed by atoms with Crippen LogP contribution in [-0.4, -0.2) is 60.1 Å². The molecule has 2 amide bonds. The van der Waals surface area contributed by atoms with Crippen molar-refractivity contribution in [3.8, 4) is 5.75 Å². The number of rotatable bonds is 12. The van der Waals surface area contributed by atoms with Crippen LogP contribution in [0, 0.1) is 0 Å². The first-order valence-corrected chi connectivity index (χ1v) is 10.8. The van der Waals surface area contributed by atoms with E-state index in [-0.39, 0.29) is 18.4 Å². The van der Waals surface area contributed by atoms with Gasteiger partial charge in [-0.25, -0.2) is 0 Å². The fourth-order valence-electron chi connectivity index (χ4n) is 3.59. The van der Waals surface area contributed by atoms with Gasteiger partial charge in [0.15, 0.2) is 0 Å². The van der Waals surface area contributed by atoms with Gasteiger partial charge in [0, 0.05) is 39.2 Å².